The average molecular weight is 265 g/mol. The Morgan fingerprint density at radius 1 is 1.16 bits per heavy atom. The molecule has 3 fully saturated rings. The summed E-state index contributed by atoms with van der Waals surface area (Å²) >= 11 is 0. The summed E-state index contributed by atoms with van der Waals surface area (Å²) in [5, 5.41) is 11.8. The molecule has 0 aromatic heterocycles. The Hall–Kier alpha value is -1.26. The van der Waals surface area contributed by atoms with Crippen LogP contribution >= 0.6 is 0 Å². The summed E-state index contributed by atoms with van der Waals surface area (Å²) in [5.74, 6) is 2.57. The van der Waals surface area contributed by atoms with Crippen molar-refractivity contribution in [3.63, 3.8) is 0 Å². The minimum absolute atomic E-state index is 0.133. The molecule has 0 aromatic carbocycles. The number of fused-ring (bicyclic) bond motifs is 2. The van der Waals surface area contributed by atoms with Gasteiger partial charge in [-0.2, -0.15) is 0 Å². The Kier molecular flexibility index (Phi) is 3.37. The van der Waals surface area contributed by atoms with Crippen molar-refractivity contribution in [2.75, 3.05) is 13.1 Å². The number of nitrogens with zero attached hydrogens (tertiary/aromatic N) is 2. The number of carbonyl (C=O) groups is 1. The van der Waals surface area contributed by atoms with E-state index in [2.05, 4.69) is 5.16 Å². The molecule has 5 heteroatoms. The molecule has 1 heterocycles. The zero-order chi connectivity index (χ0) is 13.4. The highest BCUT2D eigenvalue weighted by atomic mass is 16.4. The lowest BCUT2D eigenvalue weighted by atomic mass is 9.86. The van der Waals surface area contributed by atoms with E-state index in [9.17, 15) is 4.79 Å². The Bertz CT molecular complexity index is 388. The Morgan fingerprint density at radius 2 is 1.89 bits per heavy atom. The fraction of sp³-hybridized carbons (Fsp3) is 0.857. The highest BCUT2D eigenvalue weighted by Crippen LogP contribution is 2.49. The van der Waals surface area contributed by atoms with Crippen LogP contribution in [0.25, 0.3) is 0 Å². The van der Waals surface area contributed by atoms with Gasteiger partial charge in [0, 0.05) is 24.9 Å². The normalized spacial score (nSPS) is 35.9. The highest BCUT2D eigenvalue weighted by molar-refractivity contribution is 5.83. The molecule has 19 heavy (non-hydrogen) atoms. The summed E-state index contributed by atoms with van der Waals surface area (Å²) in [7, 11) is 0. The summed E-state index contributed by atoms with van der Waals surface area (Å²) in [6.07, 6.45) is 6.62. The minimum Gasteiger partial charge on any atom is -0.409 e. The first kappa shape index (κ1) is 12.8. The summed E-state index contributed by atoms with van der Waals surface area (Å²) < 4.78 is 0. The molecule has 3 aliphatic rings. The van der Waals surface area contributed by atoms with Crippen LogP contribution in [0.4, 0.5) is 0 Å². The van der Waals surface area contributed by atoms with Crippen molar-refractivity contribution in [2.45, 2.75) is 38.5 Å². The van der Waals surface area contributed by atoms with Crippen LogP contribution < -0.4 is 5.73 Å². The third-order valence-electron chi connectivity index (χ3n) is 5.40. The van der Waals surface area contributed by atoms with Gasteiger partial charge < -0.3 is 15.8 Å². The lowest BCUT2D eigenvalue weighted by Crippen LogP contribution is -2.45. The van der Waals surface area contributed by atoms with Gasteiger partial charge in [-0.05, 0) is 43.9 Å². The van der Waals surface area contributed by atoms with Crippen molar-refractivity contribution < 1.29 is 10.0 Å². The average Bonchev–Trinajstić information content (AvgIpc) is 3.08. The number of carbonyl (C=O) groups excluding carboxylic acids is 1. The molecule has 1 saturated heterocycles. The summed E-state index contributed by atoms with van der Waals surface area (Å²) in [4.78, 5) is 14.6. The van der Waals surface area contributed by atoms with E-state index in [0.29, 0.717) is 23.6 Å². The van der Waals surface area contributed by atoms with Crippen molar-refractivity contribution in [1.82, 2.24) is 4.90 Å². The van der Waals surface area contributed by atoms with Gasteiger partial charge in [-0.1, -0.05) is 11.6 Å². The molecule has 3 atom stereocenters. The smallest absolute Gasteiger partial charge is 0.225 e. The van der Waals surface area contributed by atoms with Crippen molar-refractivity contribution in [3.05, 3.63) is 0 Å². The first-order valence-electron chi connectivity index (χ1n) is 7.45. The second-order valence-electron chi connectivity index (χ2n) is 6.41. The second kappa shape index (κ2) is 5.02. The fourth-order valence-electron chi connectivity index (χ4n) is 4.26. The third kappa shape index (κ3) is 2.30. The van der Waals surface area contributed by atoms with Crippen molar-refractivity contribution in [1.29, 1.82) is 0 Å². The van der Waals surface area contributed by atoms with E-state index in [4.69, 9.17) is 10.9 Å². The number of piperidine rings is 1. The first-order valence-corrected chi connectivity index (χ1v) is 7.45. The fourth-order valence-corrected chi connectivity index (χ4v) is 4.26. The molecule has 3 unspecified atom stereocenters. The standard InChI is InChI=1S/C14H23N3O2/c15-13(16-19)10-3-5-17(6-4-10)14(18)12-8-9-1-2-11(12)7-9/h9-12,19H,1-8H2,(H2,15,16). The lowest BCUT2D eigenvalue weighted by molar-refractivity contribution is -0.138. The Morgan fingerprint density at radius 3 is 2.42 bits per heavy atom. The zero-order valence-corrected chi connectivity index (χ0v) is 11.3. The van der Waals surface area contributed by atoms with Crippen molar-refractivity contribution >= 4 is 11.7 Å². The van der Waals surface area contributed by atoms with E-state index in [1.54, 1.807) is 0 Å². The summed E-state index contributed by atoms with van der Waals surface area (Å²) in [6.45, 7) is 1.52. The van der Waals surface area contributed by atoms with Crippen LogP contribution in [0.5, 0.6) is 0 Å². The molecule has 1 aliphatic heterocycles. The molecule has 2 bridgehead atoms. The van der Waals surface area contributed by atoms with Gasteiger partial charge >= 0.3 is 0 Å². The molecule has 5 nitrogen and oxygen atoms in total. The Labute approximate surface area is 113 Å². The van der Waals surface area contributed by atoms with Gasteiger partial charge in [-0.3, -0.25) is 4.79 Å². The minimum atomic E-state index is 0.133. The van der Waals surface area contributed by atoms with Gasteiger partial charge in [0.25, 0.3) is 0 Å². The molecule has 3 rings (SSSR count). The number of oxime groups is 1. The van der Waals surface area contributed by atoms with Crippen LogP contribution in [0.1, 0.15) is 38.5 Å². The number of likely N-dealkylation sites (tertiary alicyclic amines) is 1. The predicted molar refractivity (Wildman–Crippen MR) is 71.7 cm³/mol. The Balaban J connectivity index is 1.55. The van der Waals surface area contributed by atoms with Crippen LogP contribution in [0, 0.1) is 23.7 Å². The van der Waals surface area contributed by atoms with Gasteiger partial charge in [0.05, 0.1) is 0 Å². The van der Waals surface area contributed by atoms with E-state index < -0.39 is 0 Å². The maximum atomic E-state index is 12.6. The largest absolute Gasteiger partial charge is 0.409 e. The summed E-state index contributed by atoms with van der Waals surface area (Å²) in [5.41, 5.74) is 5.64. The molecular weight excluding hydrogens is 242 g/mol. The maximum absolute atomic E-state index is 12.6. The summed E-state index contributed by atoms with van der Waals surface area (Å²) in [6, 6.07) is 0. The molecule has 0 aromatic rings. The molecule has 106 valence electrons. The number of amides is 1. The second-order valence-corrected chi connectivity index (χ2v) is 6.41. The molecule has 1 amide bonds. The maximum Gasteiger partial charge on any atom is 0.225 e. The van der Waals surface area contributed by atoms with Gasteiger partial charge in [0.15, 0.2) is 0 Å². The van der Waals surface area contributed by atoms with Crippen LogP contribution in [-0.4, -0.2) is 34.9 Å². The van der Waals surface area contributed by atoms with Gasteiger partial charge in [0.2, 0.25) is 5.91 Å². The number of hydrogen-bond donors (Lipinski definition) is 2. The van der Waals surface area contributed by atoms with Gasteiger partial charge in [0.1, 0.15) is 5.84 Å². The number of nitrogens with two attached hydrogens (primary N) is 1. The molecule has 3 N–H and O–H groups in total. The van der Waals surface area contributed by atoms with Crippen LogP contribution in [0.3, 0.4) is 0 Å². The van der Waals surface area contributed by atoms with Crippen LogP contribution in [0.2, 0.25) is 0 Å². The molecule has 2 saturated carbocycles. The van der Waals surface area contributed by atoms with Crippen molar-refractivity contribution in [3.8, 4) is 0 Å². The predicted octanol–water partition coefficient (Wildman–Crippen LogP) is 1.41. The molecule has 2 aliphatic carbocycles. The highest BCUT2D eigenvalue weighted by Gasteiger charge is 2.44. The van der Waals surface area contributed by atoms with Crippen LogP contribution in [0.15, 0.2) is 5.16 Å². The van der Waals surface area contributed by atoms with Crippen LogP contribution in [-0.2, 0) is 4.79 Å². The van der Waals surface area contributed by atoms with E-state index in [-0.39, 0.29) is 5.92 Å². The lowest BCUT2D eigenvalue weighted by Gasteiger charge is -2.34. The van der Waals surface area contributed by atoms with Gasteiger partial charge in [-0.15, -0.1) is 0 Å². The monoisotopic (exact) mass is 265 g/mol. The van der Waals surface area contributed by atoms with Crippen molar-refractivity contribution in [2.24, 2.45) is 34.6 Å². The quantitative estimate of drug-likeness (QED) is 0.343. The number of amidine groups is 1. The SMILES string of the molecule is NC(=NO)C1CCN(C(=O)C2CC3CCC2C3)CC1. The zero-order valence-electron chi connectivity index (χ0n) is 11.3. The first-order chi connectivity index (χ1) is 9.19. The third-order valence-corrected chi connectivity index (χ3v) is 5.40. The van der Waals surface area contributed by atoms with E-state index >= 15 is 0 Å². The van der Waals surface area contributed by atoms with E-state index in [0.717, 1.165) is 38.3 Å². The molecule has 0 radical (unpaired) electrons. The topological polar surface area (TPSA) is 78.9 Å². The van der Waals surface area contributed by atoms with E-state index in [1.165, 1.54) is 19.3 Å². The molecule has 0 spiro atoms. The van der Waals surface area contributed by atoms with Gasteiger partial charge in [-0.25, -0.2) is 0 Å². The number of hydrogen-bond acceptors (Lipinski definition) is 3. The molecular formula is C14H23N3O2. The van der Waals surface area contributed by atoms with E-state index in [1.807, 2.05) is 4.90 Å². The number of rotatable bonds is 2.